The van der Waals surface area contributed by atoms with E-state index in [1.807, 2.05) is 18.2 Å². The van der Waals surface area contributed by atoms with E-state index < -0.39 is 5.97 Å². The second-order valence-corrected chi connectivity index (χ2v) is 5.19. The van der Waals surface area contributed by atoms with Crippen LogP contribution in [0.4, 0.5) is 5.69 Å². The van der Waals surface area contributed by atoms with Gasteiger partial charge in [-0.15, -0.1) is 0 Å². The lowest BCUT2D eigenvalue weighted by molar-refractivity contribution is -0.131. The Kier molecular flexibility index (Phi) is 5.90. The smallest absolute Gasteiger partial charge is 0.328 e. The number of nitrogens with zero attached hydrogens (tertiary/aromatic N) is 1. The minimum atomic E-state index is -0.960. The molecule has 1 N–H and O–H groups in total. The normalized spacial score (nSPS) is 11.2. The van der Waals surface area contributed by atoms with Crippen LogP contribution in [-0.2, 0) is 4.79 Å². The van der Waals surface area contributed by atoms with Gasteiger partial charge in [0.1, 0.15) is 0 Å². The monoisotopic (exact) mass is 281 g/mol. The minimum Gasteiger partial charge on any atom is -0.478 e. The number of anilines is 1. The summed E-state index contributed by atoms with van der Waals surface area (Å²) in [5, 5.41) is 9.39. The summed E-state index contributed by atoms with van der Waals surface area (Å²) in [6, 6.07) is 5.54. The van der Waals surface area contributed by atoms with Gasteiger partial charge in [0.15, 0.2) is 0 Å². The van der Waals surface area contributed by atoms with E-state index in [9.17, 15) is 4.79 Å². The predicted octanol–water partition coefficient (Wildman–Crippen LogP) is 3.92. The molecule has 0 aliphatic carbocycles. The molecule has 104 valence electrons. The summed E-state index contributed by atoms with van der Waals surface area (Å²) in [4.78, 5) is 12.8. The number of hydrogen-bond acceptors (Lipinski definition) is 2. The Morgan fingerprint density at radius 3 is 2.68 bits per heavy atom. The number of carbonyl (C=O) groups is 1. The largest absolute Gasteiger partial charge is 0.478 e. The Morgan fingerprint density at radius 1 is 1.47 bits per heavy atom. The molecule has 0 aromatic heterocycles. The summed E-state index contributed by atoms with van der Waals surface area (Å²) in [5.74, 6) is -0.453. The van der Waals surface area contributed by atoms with Crippen molar-refractivity contribution in [2.45, 2.75) is 20.8 Å². The molecule has 19 heavy (non-hydrogen) atoms. The molecule has 0 heterocycles. The fourth-order valence-electron chi connectivity index (χ4n) is 1.98. The van der Waals surface area contributed by atoms with Gasteiger partial charge in [-0.1, -0.05) is 37.6 Å². The summed E-state index contributed by atoms with van der Waals surface area (Å²) < 4.78 is 0. The number of aliphatic carboxylic acids is 1. The summed E-state index contributed by atoms with van der Waals surface area (Å²) in [6.45, 7) is 8.07. The van der Waals surface area contributed by atoms with Gasteiger partial charge in [-0.3, -0.25) is 0 Å². The molecule has 0 aliphatic rings. The fraction of sp³-hybridized carbons (Fsp3) is 0.400. The van der Waals surface area contributed by atoms with Crippen LogP contribution in [0.5, 0.6) is 0 Å². The average molecular weight is 282 g/mol. The van der Waals surface area contributed by atoms with E-state index >= 15 is 0 Å². The molecule has 0 amide bonds. The molecule has 1 aromatic rings. The first-order valence-electron chi connectivity index (χ1n) is 6.40. The van der Waals surface area contributed by atoms with E-state index in [-0.39, 0.29) is 0 Å². The summed E-state index contributed by atoms with van der Waals surface area (Å²) >= 11 is 6.28. The summed E-state index contributed by atoms with van der Waals surface area (Å²) in [7, 11) is 0. The molecule has 0 saturated carbocycles. The zero-order valence-corrected chi connectivity index (χ0v) is 12.3. The maximum Gasteiger partial charge on any atom is 0.328 e. The van der Waals surface area contributed by atoms with Gasteiger partial charge >= 0.3 is 5.97 Å². The SMILES string of the molecule is CCN(CC(C)C)c1c(Cl)cccc1/C=C/C(=O)O. The lowest BCUT2D eigenvalue weighted by Crippen LogP contribution is -2.28. The highest BCUT2D eigenvalue weighted by molar-refractivity contribution is 6.33. The van der Waals surface area contributed by atoms with Gasteiger partial charge in [-0.2, -0.15) is 0 Å². The lowest BCUT2D eigenvalue weighted by atomic mass is 10.1. The zero-order valence-electron chi connectivity index (χ0n) is 11.6. The van der Waals surface area contributed by atoms with Gasteiger partial charge in [0, 0.05) is 19.2 Å². The zero-order chi connectivity index (χ0) is 14.4. The first kappa shape index (κ1) is 15.6. The molecule has 4 heteroatoms. The maximum atomic E-state index is 10.7. The van der Waals surface area contributed by atoms with Crippen molar-refractivity contribution in [3.05, 3.63) is 34.9 Å². The quantitative estimate of drug-likeness (QED) is 0.804. The lowest BCUT2D eigenvalue weighted by Gasteiger charge is -2.27. The van der Waals surface area contributed by atoms with Crippen molar-refractivity contribution in [2.75, 3.05) is 18.0 Å². The molecule has 0 atom stereocenters. The van der Waals surface area contributed by atoms with Crippen molar-refractivity contribution in [2.24, 2.45) is 5.92 Å². The highest BCUT2D eigenvalue weighted by Crippen LogP contribution is 2.31. The van der Waals surface area contributed by atoms with Crippen LogP contribution in [0.25, 0.3) is 6.08 Å². The molecule has 3 nitrogen and oxygen atoms in total. The molecule has 0 unspecified atom stereocenters. The fourth-order valence-corrected chi connectivity index (χ4v) is 2.28. The molecule has 1 aromatic carbocycles. The van der Waals surface area contributed by atoms with E-state index in [4.69, 9.17) is 16.7 Å². The Balaban J connectivity index is 3.18. The van der Waals surface area contributed by atoms with Crippen molar-refractivity contribution < 1.29 is 9.90 Å². The van der Waals surface area contributed by atoms with Crippen LogP contribution in [0, 0.1) is 5.92 Å². The number of hydrogen-bond donors (Lipinski definition) is 1. The molecule has 0 aliphatic heterocycles. The summed E-state index contributed by atoms with van der Waals surface area (Å²) in [6.07, 6.45) is 2.73. The Hall–Kier alpha value is -1.48. The second kappa shape index (κ2) is 7.19. The van der Waals surface area contributed by atoms with Crippen molar-refractivity contribution in [1.82, 2.24) is 0 Å². The number of para-hydroxylation sites is 1. The summed E-state index contributed by atoms with van der Waals surface area (Å²) in [5.41, 5.74) is 1.73. The molecular formula is C15H20ClNO2. The van der Waals surface area contributed by atoms with E-state index in [1.54, 1.807) is 6.08 Å². The van der Waals surface area contributed by atoms with Gasteiger partial charge in [0.25, 0.3) is 0 Å². The van der Waals surface area contributed by atoms with Crippen LogP contribution in [0.1, 0.15) is 26.3 Å². The number of carboxylic acid groups (broad SMARTS) is 1. The molecule has 0 bridgehead atoms. The molecule has 0 radical (unpaired) electrons. The minimum absolute atomic E-state index is 0.507. The Morgan fingerprint density at radius 2 is 2.16 bits per heavy atom. The van der Waals surface area contributed by atoms with Crippen LogP contribution in [0.3, 0.4) is 0 Å². The number of benzene rings is 1. The molecular weight excluding hydrogens is 262 g/mol. The van der Waals surface area contributed by atoms with E-state index in [0.717, 1.165) is 30.4 Å². The van der Waals surface area contributed by atoms with Gasteiger partial charge in [-0.05, 0) is 30.5 Å². The number of rotatable bonds is 6. The van der Waals surface area contributed by atoms with Crippen LogP contribution < -0.4 is 4.90 Å². The van der Waals surface area contributed by atoms with Crippen molar-refractivity contribution in [1.29, 1.82) is 0 Å². The number of halogens is 1. The maximum absolute atomic E-state index is 10.7. The third-order valence-electron chi connectivity index (χ3n) is 2.71. The van der Waals surface area contributed by atoms with Crippen molar-refractivity contribution >= 4 is 29.3 Å². The van der Waals surface area contributed by atoms with Crippen LogP contribution >= 0.6 is 11.6 Å². The average Bonchev–Trinajstić information content (AvgIpc) is 2.33. The Labute approximate surface area is 119 Å². The predicted molar refractivity (Wildman–Crippen MR) is 80.8 cm³/mol. The van der Waals surface area contributed by atoms with Gasteiger partial charge in [0.05, 0.1) is 10.7 Å². The highest BCUT2D eigenvalue weighted by atomic mass is 35.5. The topological polar surface area (TPSA) is 40.5 Å². The molecule has 0 saturated heterocycles. The van der Waals surface area contributed by atoms with Gasteiger partial charge in [-0.25, -0.2) is 4.79 Å². The van der Waals surface area contributed by atoms with E-state index in [0.29, 0.717) is 10.9 Å². The molecule has 1 rings (SSSR count). The first-order valence-corrected chi connectivity index (χ1v) is 6.78. The standard InChI is InChI=1S/C15H20ClNO2/c1-4-17(10-11(2)3)15-12(8-9-14(18)19)6-5-7-13(15)16/h5-9,11H,4,10H2,1-3H3,(H,18,19)/b9-8+. The molecule has 0 spiro atoms. The van der Waals surface area contributed by atoms with Crippen molar-refractivity contribution in [3.63, 3.8) is 0 Å². The number of carboxylic acids is 1. The second-order valence-electron chi connectivity index (χ2n) is 4.78. The van der Waals surface area contributed by atoms with Gasteiger partial charge < -0.3 is 10.0 Å². The van der Waals surface area contributed by atoms with E-state index in [1.165, 1.54) is 0 Å². The van der Waals surface area contributed by atoms with Gasteiger partial charge in [0.2, 0.25) is 0 Å². The van der Waals surface area contributed by atoms with Crippen LogP contribution in [0.15, 0.2) is 24.3 Å². The van der Waals surface area contributed by atoms with Crippen LogP contribution in [-0.4, -0.2) is 24.2 Å². The van der Waals surface area contributed by atoms with Crippen molar-refractivity contribution in [3.8, 4) is 0 Å². The Bertz CT molecular complexity index is 469. The molecule has 0 fully saturated rings. The third-order valence-corrected chi connectivity index (χ3v) is 3.01. The van der Waals surface area contributed by atoms with E-state index in [2.05, 4.69) is 25.7 Å². The first-order chi connectivity index (χ1) is 8.95. The van der Waals surface area contributed by atoms with Crippen LogP contribution in [0.2, 0.25) is 5.02 Å². The third kappa shape index (κ3) is 4.60. The highest BCUT2D eigenvalue weighted by Gasteiger charge is 2.13.